The fraction of sp³-hybridized carbons (Fsp3) is 0.200. The lowest BCUT2D eigenvalue weighted by Crippen LogP contribution is -2.05. The van der Waals surface area contributed by atoms with E-state index < -0.39 is 17.7 Å². The smallest absolute Gasteiger partial charge is 0.131 e. The van der Waals surface area contributed by atoms with Crippen molar-refractivity contribution in [3.05, 3.63) is 69.7 Å². The first-order valence-electron chi connectivity index (χ1n) is 5.85. The molecule has 1 nitrogen and oxygen atoms in total. The summed E-state index contributed by atoms with van der Waals surface area (Å²) in [5.41, 5.74) is 1.80. The monoisotopic (exact) mass is 282 g/mol. The lowest BCUT2D eigenvalue weighted by molar-refractivity contribution is 0.173. The van der Waals surface area contributed by atoms with Crippen LogP contribution in [0, 0.1) is 18.6 Å². The average molecular weight is 283 g/mol. The molecule has 0 aromatic heterocycles. The lowest BCUT2D eigenvalue weighted by atomic mass is 10.00. The Hall–Kier alpha value is -1.45. The van der Waals surface area contributed by atoms with Gasteiger partial charge >= 0.3 is 0 Å². The van der Waals surface area contributed by atoms with Crippen molar-refractivity contribution in [1.29, 1.82) is 0 Å². The molecule has 19 heavy (non-hydrogen) atoms. The maximum Gasteiger partial charge on any atom is 0.131 e. The van der Waals surface area contributed by atoms with Crippen LogP contribution in [0.2, 0.25) is 5.02 Å². The fourth-order valence-electron chi connectivity index (χ4n) is 1.91. The predicted octanol–water partition coefficient (Wildman–Crippen LogP) is 4.20. The van der Waals surface area contributed by atoms with E-state index in [2.05, 4.69) is 0 Å². The van der Waals surface area contributed by atoms with Gasteiger partial charge in [-0.1, -0.05) is 29.8 Å². The van der Waals surface area contributed by atoms with Crippen molar-refractivity contribution in [2.75, 3.05) is 0 Å². The van der Waals surface area contributed by atoms with E-state index in [1.165, 1.54) is 6.07 Å². The maximum absolute atomic E-state index is 13.5. The van der Waals surface area contributed by atoms with Crippen molar-refractivity contribution < 1.29 is 13.9 Å². The highest BCUT2D eigenvalue weighted by Crippen LogP contribution is 2.26. The summed E-state index contributed by atoms with van der Waals surface area (Å²) in [4.78, 5) is 0. The van der Waals surface area contributed by atoms with Crippen molar-refractivity contribution in [3.8, 4) is 0 Å². The Labute approximate surface area is 115 Å². The second-order valence-corrected chi connectivity index (χ2v) is 4.89. The first kappa shape index (κ1) is 14.0. The Morgan fingerprint density at radius 3 is 2.53 bits per heavy atom. The van der Waals surface area contributed by atoms with Gasteiger partial charge in [0.2, 0.25) is 0 Å². The third-order valence-electron chi connectivity index (χ3n) is 2.94. The molecule has 0 heterocycles. The van der Waals surface area contributed by atoms with E-state index in [1.54, 1.807) is 12.1 Å². The highest BCUT2D eigenvalue weighted by atomic mass is 35.5. The third kappa shape index (κ3) is 3.31. The standard InChI is InChI=1S/C15H13ClF2O/c1-9-2-3-10(13(16)6-9)7-15(19)12-5-4-11(17)8-14(12)18/h2-6,8,15,19H,7H2,1H3. The summed E-state index contributed by atoms with van der Waals surface area (Å²) in [5, 5.41) is 10.5. The number of rotatable bonds is 3. The zero-order chi connectivity index (χ0) is 14.0. The van der Waals surface area contributed by atoms with Crippen LogP contribution < -0.4 is 0 Å². The minimum Gasteiger partial charge on any atom is -0.388 e. The van der Waals surface area contributed by atoms with Gasteiger partial charge in [-0.3, -0.25) is 0 Å². The molecular weight excluding hydrogens is 270 g/mol. The minimum atomic E-state index is -1.05. The Bertz CT molecular complexity index is 599. The molecule has 0 saturated heterocycles. The van der Waals surface area contributed by atoms with Crippen LogP contribution in [0.5, 0.6) is 0 Å². The normalized spacial score (nSPS) is 12.5. The molecule has 4 heteroatoms. The van der Waals surface area contributed by atoms with Crippen molar-refractivity contribution in [1.82, 2.24) is 0 Å². The Kier molecular flexibility index (Phi) is 4.17. The first-order valence-corrected chi connectivity index (χ1v) is 6.23. The number of aliphatic hydroxyl groups is 1. The van der Waals surface area contributed by atoms with E-state index in [0.29, 0.717) is 5.02 Å². The summed E-state index contributed by atoms with van der Waals surface area (Å²) in [7, 11) is 0. The molecule has 1 N–H and O–H groups in total. The van der Waals surface area contributed by atoms with Gasteiger partial charge in [-0.15, -0.1) is 0 Å². The molecule has 0 aliphatic heterocycles. The highest BCUT2D eigenvalue weighted by molar-refractivity contribution is 6.31. The summed E-state index contributed by atoms with van der Waals surface area (Å²) in [6, 6.07) is 8.58. The average Bonchev–Trinajstić information content (AvgIpc) is 2.32. The molecule has 0 spiro atoms. The molecule has 2 aromatic rings. The molecule has 2 aromatic carbocycles. The minimum absolute atomic E-state index is 0.0676. The Balaban J connectivity index is 2.23. The third-order valence-corrected chi connectivity index (χ3v) is 3.30. The van der Waals surface area contributed by atoms with Gasteiger partial charge in [0.25, 0.3) is 0 Å². The van der Waals surface area contributed by atoms with Crippen molar-refractivity contribution in [2.24, 2.45) is 0 Å². The highest BCUT2D eigenvalue weighted by Gasteiger charge is 2.15. The molecule has 0 aliphatic carbocycles. The number of halogens is 3. The molecule has 1 unspecified atom stereocenters. The van der Waals surface area contributed by atoms with Gasteiger partial charge in [0.1, 0.15) is 11.6 Å². The molecular formula is C15H13ClF2O. The largest absolute Gasteiger partial charge is 0.388 e. The van der Waals surface area contributed by atoms with Crippen LogP contribution in [0.4, 0.5) is 8.78 Å². The van der Waals surface area contributed by atoms with Gasteiger partial charge in [0, 0.05) is 23.1 Å². The molecule has 0 bridgehead atoms. The van der Waals surface area contributed by atoms with Crippen molar-refractivity contribution in [2.45, 2.75) is 19.4 Å². The molecule has 2 rings (SSSR count). The predicted molar refractivity (Wildman–Crippen MR) is 71.2 cm³/mol. The van der Waals surface area contributed by atoms with Crippen LogP contribution in [0.3, 0.4) is 0 Å². The Morgan fingerprint density at radius 1 is 1.16 bits per heavy atom. The van der Waals surface area contributed by atoms with Crippen LogP contribution in [0.25, 0.3) is 0 Å². The van der Waals surface area contributed by atoms with Gasteiger partial charge < -0.3 is 5.11 Å². The second kappa shape index (κ2) is 5.68. The quantitative estimate of drug-likeness (QED) is 0.894. The zero-order valence-corrected chi connectivity index (χ0v) is 11.1. The van der Waals surface area contributed by atoms with E-state index in [4.69, 9.17) is 11.6 Å². The van der Waals surface area contributed by atoms with Crippen LogP contribution in [0.15, 0.2) is 36.4 Å². The maximum atomic E-state index is 13.5. The van der Waals surface area contributed by atoms with Gasteiger partial charge in [0.15, 0.2) is 0 Å². The van der Waals surface area contributed by atoms with E-state index in [1.807, 2.05) is 13.0 Å². The summed E-state index contributed by atoms with van der Waals surface area (Å²) in [6.07, 6.45) is -0.873. The van der Waals surface area contributed by atoms with Crippen LogP contribution in [-0.4, -0.2) is 5.11 Å². The number of aryl methyl sites for hydroxylation is 1. The van der Waals surface area contributed by atoms with Crippen LogP contribution in [0.1, 0.15) is 22.8 Å². The van der Waals surface area contributed by atoms with E-state index >= 15 is 0 Å². The molecule has 0 amide bonds. The summed E-state index contributed by atoms with van der Waals surface area (Å²) in [6.45, 7) is 1.91. The first-order chi connectivity index (χ1) is 8.97. The summed E-state index contributed by atoms with van der Waals surface area (Å²) in [5.74, 6) is -1.42. The summed E-state index contributed by atoms with van der Waals surface area (Å²) < 4.78 is 26.3. The molecule has 0 aliphatic rings. The second-order valence-electron chi connectivity index (χ2n) is 4.48. The SMILES string of the molecule is Cc1ccc(CC(O)c2ccc(F)cc2F)c(Cl)c1. The van der Waals surface area contributed by atoms with Gasteiger partial charge in [0.05, 0.1) is 6.10 Å². The molecule has 1 atom stereocenters. The number of aliphatic hydroxyl groups excluding tert-OH is 1. The number of hydrogen-bond donors (Lipinski definition) is 1. The van der Waals surface area contributed by atoms with Crippen molar-refractivity contribution in [3.63, 3.8) is 0 Å². The molecule has 0 radical (unpaired) electrons. The summed E-state index contributed by atoms with van der Waals surface area (Å²) >= 11 is 6.06. The van der Waals surface area contributed by atoms with Gasteiger partial charge in [-0.2, -0.15) is 0 Å². The van der Waals surface area contributed by atoms with E-state index in [0.717, 1.165) is 23.3 Å². The van der Waals surface area contributed by atoms with Gasteiger partial charge in [-0.25, -0.2) is 8.78 Å². The van der Waals surface area contributed by atoms with Crippen LogP contribution >= 0.6 is 11.6 Å². The lowest BCUT2D eigenvalue weighted by Gasteiger charge is -2.13. The number of benzene rings is 2. The molecule has 0 fully saturated rings. The Morgan fingerprint density at radius 2 is 1.89 bits per heavy atom. The zero-order valence-electron chi connectivity index (χ0n) is 10.3. The van der Waals surface area contributed by atoms with Crippen molar-refractivity contribution >= 4 is 11.6 Å². The van der Waals surface area contributed by atoms with Crippen LogP contribution in [-0.2, 0) is 6.42 Å². The van der Waals surface area contributed by atoms with E-state index in [-0.39, 0.29) is 12.0 Å². The van der Waals surface area contributed by atoms with E-state index in [9.17, 15) is 13.9 Å². The fourth-order valence-corrected chi connectivity index (χ4v) is 2.22. The number of hydrogen-bond acceptors (Lipinski definition) is 1. The molecule has 0 saturated carbocycles. The van der Waals surface area contributed by atoms with Gasteiger partial charge in [-0.05, 0) is 30.2 Å². The molecule has 100 valence electrons. The topological polar surface area (TPSA) is 20.2 Å².